The fraction of sp³-hybridized carbons (Fsp3) is 0.0952. The van der Waals surface area contributed by atoms with Crippen molar-refractivity contribution < 1.29 is 9.53 Å². The summed E-state index contributed by atoms with van der Waals surface area (Å²) >= 11 is 5.88. The lowest BCUT2D eigenvalue weighted by atomic mass is 10.1. The smallest absolute Gasteiger partial charge is 0.290 e. The summed E-state index contributed by atoms with van der Waals surface area (Å²) in [7, 11) is 1.59. The van der Waals surface area contributed by atoms with Crippen molar-refractivity contribution in [3.8, 4) is 17.0 Å². The number of ether oxygens (including phenoxy) is 1. The van der Waals surface area contributed by atoms with Gasteiger partial charge in [0.25, 0.3) is 5.56 Å². The number of carbonyl (C=O) groups is 1. The van der Waals surface area contributed by atoms with Crippen molar-refractivity contribution in [2.75, 3.05) is 12.4 Å². The van der Waals surface area contributed by atoms with Gasteiger partial charge in [-0.15, -0.1) is 0 Å². The number of carbonyl (C=O) groups excluding carboxylic acids is 1. The third-order valence-electron chi connectivity index (χ3n) is 4.03. The van der Waals surface area contributed by atoms with Gasteiger partial charge in [-0.3, -0.25) is 9.59 Å². The number of anilines is 1. The van der Waals surface area contributed by atoms with Gasteiger partial charge in [-0.25, -0.2) is 4.68 Å². The minimum atomic E-state index is -0.384. The van der Waals surface area contributed by atoms with Crippen LogP contribution < -0.4 is 15.6 Å². The molecule has 7 heteroatoms. The lowest BCUT2D eigenvalue weighted by molar-refractivity contribution is -0.105. The van der Waals surface area contributed by atoms with Gasteiger partial charge in [0.15, 0.2) is 0 Å². The molecule has 28 heavy (non-hydrogen) atoms. The van der Waals surface area contributed by atoms with Crippen LogP contribution in [0.2, 0.25) is 5.02 Å². The van der Waals surface area contributed by atoms with Gasteiger partial charge in [0.1, 0.15) is 11.4 Å². The summed E-state index contributed by atoms with van der Waals surface area (Å²) in [6.07, 6.45) is 4.17. The third kappa shape index (κ3) is 4.66. The Morgan fingerprint density at radius 1 is 1.14 bits per heavy atom. The molecule has 0 spiro atoms. The maximum Gasteiger partial charge on any atom is 0.290 e. The highest BCUT2D eigenvalue weighted by Crippen LogP contribution is 2.21. The van der Waals surface area contributed by atoms with Crippen molar-refractivity contribution in [3.63, 3.8) is 0 Å². The quantitative estimate of drug-likeness (QED) is 0.616. The number of methoxy groups -OCH3 is 1. The number of nitrogens with one attached hydrogen (secondary N) is 1. The summed E-state index contributed by atoms with van der Waals surface area (Å²) in [4.78, 5) is 23.4. The van der Waals surface area contributed by atoms with Gasteiger partial charge < -0.3 is 10.1 Å². The van der Waals surface area contributed by atoms with E-state index < -0.39 is 0 Å². The van der Waals surface area contributed by atoms with Crippen molar-refractivity contribution >= 4 is 29.8 Å². The Kier molecular flexibility index (Phi) is 6.24. The molecule has 1 aromatic heterocycles. The predicted octanol–water partition coefficient (Wildman–Crippen LogP) is 3.85. The molecule has 0 aliphatic carbocycles. The van der Waals surface area contributed by atoms with Crippen LogP contribution in [0.5, 0.6) is 5.75 Å². The third-order valence-corrected chi connectivity index (χ3v) is 4.29. The summed E-state index contributed by atoms with van der Waals surface area (Å²) < 4.78 is 6.46. The molecule has 1 amide bonds. The molecule has 0 aliphatic heterocycles. The zero-order valence-corrected chi connectivity index (χ0v) is 15.9. The van der Waals surface area contributed by atoms with Crippen molar-refractivity contribution in [3.05, 3.63) is 81.6 Å². The van der Waals surface area contributed by atoms with E-state index in [1.54, 1.807) is 37.4 Å². The number of benzene rings is 2. The molecule has 0 saturated heterocycles. The Balaban J connectivity index is 1.92. The van der Waals surface area contributed by atoms with E-state index in [0.29, 0.717) is 22.9 Å². The maximum atomic E-state index is 12.5. The molecule has 3 rings (SSSR count). The highest BCUT2D eigenvalue weighted by molar-refractivity contribution is 6.30. The largest absolute Gasteiger partial charge is 0.497 e. The molecule has 142 valence electrons. The van der Waals surface area contributed by atoms with E-state index in [1.165, 1.54) is 4.68 Å². The second-order valence-corrected chi connectivity index (χ2v) is 6.31. The highest BCUT2D eigenvalue weighted by atomic mass is 35.5. The van der Waals surface area contributed by atoms with Crippen LogP contribution >= 0.6 is 11.6 Å². The Morgan fingerprint density at radius 2 is 1.86 bits per heavy atom. The van der Waals surface area contributed by atoms with Crippen LogP contribution in [0.3, 0.4) is 0 Å². The average molecular weight is 396 g/mol. The van der Waals surface area contributed by atoms with Gasteiger partial charge in [0, 0.05) is 10.6 Å². The fourth-order valence-corrected chi connectivity index (χ4v) is 2.72. The number of hydrogen-bond donors (Lipinski definition) is 1. The van der Waals surface area contributed by atoms with E-state index in [0.717, 1.165) is 11.1 Å². The molecule has 0 atom stereocenters. The Morgan fingerprint density at radius 3 is 2.50 bits per heavy atom. The van der Waals surface area contributed by atoms with Gasteiger partial charge in [-0.2, -0.15) is 5.10 Å². The van der Waals surface area contributed by atoms with E-state index in [-0.39, 0.29) is 17.8 Å². The lowest BCUT2D eigenvalue weighted by Gasteiger charge is -2.09. The molecule has 0 saturated carbocycles. The normalized spacial score (nSPS) is 10.8. The number of allylic oxidation sites excluding steroid dienone is 1. The topological polar surface area (TPSA) is 73.2 Å². The van der Waals surface area contributed by atoms with Crippen molar-refractivity contribution in [2.45, 2.75) is 6.54 Å². The fourth-order valence-electron chi connectivity index (χ4n) is 2.60. The second-order valence-electron chi connectivity index (χ2n) is 5.88. The number of nitrogens with zero attached hydrogens (tertiary/aromatic N) is 2. The summed E-state index contributed by atoms with van der Waals surface area (Å²) in [5.41, 5.74) is 2.09. The summed E-state index contributed by atoms with van der Waals surface area (Å²) in [5, 5.41) is 7.53. The van der Waals surface area contributed by atoms with Crippen LogP contribution in [0.1, 0.15) is 5.56 Å². The van der Waals surface area contributed by atoms with Crippen LogP contribution in [-0.2, 0) is 11.3 Å². The van der Waals surface area contributed by atoms with E-state index >= 15 is 0 Å². The van der Waals surface area contributed by atoms with Crippen LogP contribution in [0.4, 0.5) is 5.69 Å². The minimum Gasteiger partial charge on any atom is -0.497 e. The molecule has 0 aliphatic rings. The molecule has 1 heterocycles. The van der Waals surface area contributed by atoms with Crippen LogP contribution in [0, 0.1) is 0 Å². The molecular weight excluding hydrogens is 378 g/mol. The lowest BCUT2D eigenvalue weighted by Crippen LogP contribution is -2.25. The first kappa shape index (κ1) is 19.4. The first-order valence-corrected chi connectivity index (χ1v) is 8.87. The number of halogens is 1. The van der Waals surface area contributed by atoms with Crippen molar-refractivity contribution in [1.29, 1.82) is 0 Å². The first-order chi connectivity index (χ1) is 13.6. The number of amides is 1. The number of hydrogen-bond acceptors (Lipinski definition) is 4. The number of aromatic nitrogens is 2. The molecule has 6 nitrogen and oxygen atoms in total. The van der Waals surface area contributed by atoms with Gasteiger partial charge in [-0.05, 0) is 48.0 Å². The molecule has 0 radical (unpaired) electrons. The summed E-state index contributed by atoms with van der Waals surface area (Å²) in [5.74, 6) is 0.717. The zero-order chi connectivity index (χ0) is 19.9. The summed E-state index contributed by atoms with van der Waals surface area (Å²) in [6, 6.07) is 16.2. The van der Waals surface area contributed by atoms with Crippen molar-refractivity contribution in [1.82, 2.24) is 9.78 Å². The second kappa shape index (κ2) is 9.01. The van der Waals surface area contributed by atoms with Gasteiger partial charge in [0.05, 0.1) is 19.3 Å². The van der Waals surface area contributed by atoms with Crippen LogP contribution in [-0.4, -0.2) is 23.3 Å². The van der Waals surface area contributed by atoms with Gasteiger partial charge in [0.2, 0.25) is 6.41 Å². The molecule has 0 bridgehead atoms. The van der Waals surface area contributed by atoms with Gasteiger partial charge >= 0.3 is 0 Å². The Hall–Kier alpha value is -3.38. The van der Waals surface area contributed by atoms with E-state index in [2.05, 4.69) is 10.4 Å². The predicted molar refractivity (Wildman–Crippen MR) is 111 cm³/mol. The monoisotopic (exact) mass is 395 g/mol. The summed E-state index contributed by atoms with van der Waals surface area (Å²) in [6.45, 7) is 0.249. The Bertz CT molecular complexity index is 1040. The Labute approximate surface area is 167 Å². The van der Waals surface area contributed by atoms with Gasteiger partial charge in [-0.1, -0.05) is 35.9 Å². The number of rotatable bonds is 7. The average Bonchev–Trinajstić information content (AvgIpc) is 2.72. The van der Waals surface area contributed by atoms with E-state index in [9.17, 15) is 9.59 Å². The standard InChI is InChI=1S/C21H18ClN3O3/c1-28-18-10-6-16(7-11-18)19-13-20(23-14-26)21(27)25(24-19)12-2-3-15-4-8-17(22)9-5-15/h2-11,13-14H,12H2,1H3,(H,23,26). The zero-order valence-electron chi connectivity index (χ0n) is 15.1. The molecule has 1 N–H and O–H groups in total. The SMILES string of the molecule is COc1ccc(-c2cc(NC=O)c(=O)n(CC=Cc3ccc(Cl)cc3)n2)cc1. The molecular formula is C21H18ClN3O3. The first-order valence-electron chi connectivity index (χ1n) is 8.49. The molecule has 2 aromatic carbocycles. The van der Waals surface area contributed by atoms with E-state index in [4.69, 9.17) is 16.3 Å². The molecule has 3 aromatic rings. The van der Waals surface area contributed by atoms with Crippen LogP contribution in [0.15, 0.2) is 65.5 Å². The van der Waals surface area contributed by atoms with E-state index in [1.807, 2.05) is 36.4 Å². The van der Waals surface area contributed by atoms with Crippen molar-refractivity contribution in [2.24, 2.45) is 0 Å². The maximum absolute atomic E-state index is 12.5. The van der Waals surface area contributed by atoms with Crippen LogP contribution in [0.25, 0.3) is 17.3 Å². The molecule has 0 fully saturated rings. The molecule has 0 unspecified atom stereocenters. The highest BCUT2D eigenvalue weighted by Gasteiger charge is 2.09. The minimum absolute atomic E-state index is 0.163.